The van der Waals surface area contributed by atoms with Gasteiger partial charge in [0.25, 0.3) is 5.91 Å². The number of hydrogen-bond donors (Lipinski definition) is 1. The zero-order chi connectivity index (χ0) is 27.2. The summed E-state index contributed by atoms with van der Waals surface area (Å²) in [6, 6.07) is 7.17. The Balaban J connectivity index is 1.76. The molecule has 0 aliphatic heterocycles. The Morgan fingerprint density at radius 3 is 2.49 bits per heavy atom. The van der Waals surface area contributed by atoms with Crippen molar-refractivity contribution in [2.75, 3.05) is 5.32 Å². The van der Waals surface area contributed by atoms with Crippen LogP contribution in [0.15, 0.2) is 57.7 Å². The quantitative estimate of drug-likeness (QED) is 0.263. The van der Waals surface area contributed by atoms with Crippen LogP contribution in [-0.4, -0.2) is 34.1 Å². The maximum Gasteiger partial charge on any atom is 0.392 e. The van der Waals surface area contributed by atoms with Crippen molar-refractivity contribution in [3.63, 3.8) is 0 Å². The van der Waals surface area contributed by atoms with Crippen LogP contribution in [0.4, 0.5) is 18.9 Å². The molecule has 0 saturated carbocycles. The molecule has 1 atom stereocenters. The first-order valence-electron chi connectivity index (χ1n) is 12.3. The van der Waals surface area contributed by atoms with Gasteiger partial charge in [-0.1, -0.05) is 25.1 Å². The van der Waals surface area contributed by atoms with Gasteiger partial charge in [-0.25, -0.2) is 15.0 Å². The van der Waals surface area contributed by atoms with E-state index in [0.29, 0.717) is 52.0 Å². The predicted octanol–water partition coefficient (Wildman–Crippen LogP) is 6.81. The number of carbonyl (C=O) groups is 1. The Morgan fingerprint density at radius 1 is 1.16 bits per heavy atom. The van der Waals surface area contributed by atoms with Crippen molar-refractivity contribution in [1.82, 2.24) is 9.97 Å². The second-order valence-electron chi connectivity index (χ2n) is 8.95. The first-order valence-corrected chi connectivity index (χ1v) is 12.3. The number of halogens is 3. The third kappa shape index (κ3) is 7.21. The van der Waals surface area contributed by atoms with Crippen molar-refractivity contribution < 1.29 is 18.0 Å². The van der Waals surface area contributed by atoms with E-state index >= 15 is 0 Å². The van der Waals surface area contributed by atoms with Crippen LogP contribution in [0.25, 0.3) is 11.3 Å². The number of carbonyl (C=O) groups excluding carboxylic acids is 1. The number of fused-ring (bicyclic) bond motifs is 1. The lowest BCUT2D eigenvalue weighted by molar-refractivity contribution is -0.177. The number of benzene rings is 1. The third-order valence-electron chi connectivity index (χ3n) is 6.22. The number of aliphatic imine (C=N–C) groups is 2. The normalized spacial score (nSPS) is 17.2. The second-order valence-corrected chi connectivity index (χ2v) is 8.95. The van der Waals surface area contributed by atoms with Gasteiger partial charge in [0.05, 0.1) is 34.4 Å². The topological polar surface area (TPSA) is 79.6 Å². The van der Waals surface area contributed by atoms with Gasteiger partial charge in [0.15, 0.2) is 0 Å². The minimum absolute atomic E-state index is 0.0248. The van der Waals surface area contributed by atoms with Crippen LogP contribution >= 0.6 is 0 Å². The zero-order valence-corrected chi connectivity index (χ0v) is 21.8. The van der Waals surface area contributed by atoms with Crippen molar-refractivity contribution >= 4 is 23.6 Å². The van der Waals surface area contributed by atoms with Crippen LogP contribution in [0.3, 0.4) is 0 Å². The standard InChI is InChI=1S/C28H32F3N5O/c1-6-8-15-32-19(5)34-23(7-2)17(3)27(37)35-22-12-9-20(10-13-22)26-18(4)33-25-16-21(28(29,30)31)11-14-24(25)36-26/h6,8-10,12-13,15,21H,7,11,14,16H2,1-5H3,(H,35,37)/b8-6-,23-17+,32-15?,34-19?. The van der Waals surface area contributed by atoms with Crippen LogP contribution in [0.2, 0.25) is 0 Å². The highest BCUT2D eigenvalue weighted by Crippen LogP contribution is 2.37. The fourth-order valence-corrected chi connectivity index (χ4v) is 4.12. The average molecular weight is 512 g/mol. The highest BCUT2D eigenvalue weighted by atomic mass is 19.4. The van der Waals surface area contributed by atoms with Crippen molar-refractivity contribution in [3.8, 4) is 11.3 Å². The fraction of sp³-hybridized carbons (Fsp3) is 0.393. The predicted molar refractivity (Wildman–Crippen MR) is 142 cm³/mol. The molecule has 1 aliphatic rings. The molecule has 1 aromatic heterocycles. The summed E-state index contributed by atoms with van der Waals surface area (Å²) in [5.74, 6) is -1.07. The van der Waals surface area contributed by atoms with Gasteiger partial charge in [0, 0.05) is 29.5 Å². The molecule has 0 bridgehead atoms. The van der Waals surface area contributed by atoms with E-state index in [-0.39, 0.29) is 25.2 Å². The third-order valence-corrected chi connectivity index (χ3v) is 6.22. The Kier molecular flexibility index (Phi) is 9.13. The number of nitrogens with one attached hydrogen (secondary N) is 1. The van der Waals surface area contributed by atoms with E-state index < -0.39 is 12.1 Å². The molecule has 0 spiro atoms. The number of amides is 1. The van der Waals surface area contributed by atoms with Gasteiger partial charge in [-0.05, 0) is 65.2 Å². The van der Waals surface area contributed by atoms with E-state index in [4.69, 9.17) is 0 Å². The molecule has 37 heavy (non-hydrogen) atoms. The molecular weight excluding hydrogens is 479 g/mol. The lowest BCUT2D eigenvalue weighted by atomic mass is 9.88. The number of aromatic nitrogens is 2. The Bertz CT molecular complexity index is 1260. The molecule has 0 fully saturated rings. The maximum atomic E-state index is 13.1. The van der Waals surface area contributed by atoms with Gasteiger partial charge in [0.1, 0.15) is 5.84 Å². The highest BCUT2D eigenvalue weighted by Gasteiger charge is 2.42. The van der Waals surface area contributed by atoms with Gasteiger partial charge < -0.3 is 5.32 Å². The first-order chi connectivity index (χ1) is 17.5. The summed E-state index contributed by atoms with van der Waals surface area (Å²) in [6.45, 7) is 9.08. The lowest BCUT2D eigenvalue weighted by Crippen LogP contribution is -2.30. The molecule has 1 amide bonds. The maximum absolute atomic E-state index is 13.1. The van der Waals surface area contributed by atoms with Crippen LogP contribution in [0.5, 0.6) is 0 Å². The van der Waals surface area contributed by atoms with Crippen molar-refractivity contribution in [2.24, 2.45) is 15.9 Å². The molecule has 1 aliphatic carbocycles. The summed E-state index contributed by atoms with van der Waals surface area (Å²) < 4.78 is 39.4. The number of amidine groups is 1. The van der Waals surface area contributed by atoms with E-state index in [9.17, 15) is 18.0 Å². The average Bonchev–Trinajstić information content (AvgIpc) is 2.86. The van der Waals surface area contributed by atoms with Gasteiger partial charge in [-0.3, -0.25) is 9.78 Å². The summed E-state index contributed by atoms with van der Waals surface area (Å²) in [6.07, 6.45) is 1.82. The zero-order valence-electron chi connectivity index (χ0n) is 21.8. The molecule has 2 aromatic rings. The van der Waals surface area contributed by atoms with Crippen LogP contribution in [-0.2, 0) is 17.6 Å². The molecule has 3 rings (SSSR count). The summed E-state index contributed by atoms with van der Waals surface area (Å²) in [5.41, 5.74) is 4.80. The van der Waals surface area contributed by atoms with Crippen molar-refractivity contribution in [3.05, 3.63) is 64.8 Å². The summed E-state index contributed by atoms with van der Waals surface area (Å²) in [5, 5.41) is 2.89. The first kappa shape index (κ1) is 28.0. The fourth-order valence-electron chi connectivity index (χ4n) is 4.12. The molecule has 196 valence electrons. The number of nitrogens with zero attached hydrogens (tertiary/aromatic N) is 4. The number of hydrogen-bond acceptors (Lipinski definition) is 4. The van der Waals surface area contributed by atoms with E-state index in [1.165, 1.54) is 0 Å². The number of aryl methyl sites for hydroxylation is 2. The number of rotatable bonds is 6. The Hall–Kier alpha value is -3.62. The van der Waals surface area contributed by atoms with Crippen molar-refractivity contribution in [1.29, 1.82) is 0 Å². The molecule has 1 unspecified atom stereocenters. The Morgan fingerprint density at radius 2 is 1.86 bits per heavy atom. The highest BCUT2D eigenvalue weighted by molar-refractivity contribution is 6.04. The van der Waals surface area contributed by atoms with E-state index in [0.717, 1.165) is 5.56 Å². The minimum atomic E-state index is -4.22. The SMILES string of the molecule is C/C=C\C=NC(C)=N/C(CC)=C(\C)C(=O)Nc1ccc(-c2nc3c(nc2C)CC(C(F)(F)F)CC3)cc1. The van der Waals surface area contributed by atoms with Crippen LogP contribution in [0, 0.1) is 12.8 Å². The molecule has 0 radical (unpaired) electrons. The van der Waals surface area contributed by atoms with E-state index in [2.05, 4.69) is 25.3 Å². The largest absolute Gasteiger partial charge is 0.392 e. The summed E-state index contributed by atoms with van der Waals surface area (Å²) in [7, 11) is 0. The van der Waals surface area contributed by atoms with Crippen molar-refractivity contribution in [2.45, 2.75) is 66.5 Å². The van der Waals surface area contributed by atoms with Crippen LogP contribution < -0.4 is 5.32 Å². The second kappa shape index (κ2) is 12.1. The van der Waals surface area contributed by atoms with E-state index in [1.54, 1.807) is 45.2 Å². The van der Waals surface area contributed by atoms with Crippen LogP contribution in [0.1, 0.15) is 57.6 Å². The van der Waals surface area contributed by atoms with Gasteiger partial charge in [0.2, 0.25) is 0 Å². The molecule has 1 aromatic carbocycles. The molecule has 0 saturated heterocycles. The monoisotopic (exact) mass is 511 g/mol. The van der Waals surface area contributed by atoms with Gasteiger partial charge in [-0.15, -0.1) is 0 Å². The summed E-state index contributed by atoms with van der Waals surface area (Å²) >= 11 is 0. The smallest absolute Gasteiger partial charge is 0.322 e. The molecule has 1 heterocycles. The van der Waals surface area contributed by atoms with E-state index in [1.807, 2.05) is 32.1 Å². The minimum Gasteiger partial charge on any atom is -0.322 e. The lowest BCUT2D eigenvalue weighted by Gasteiger charge is -2.26. The summed E-state index contributed by atoms with van der Waals surface area (Å²) in [4.78, 5) is 30.6. The number of allylic oxidation sites excluding steroid dienone is 3. The number of anilines is 1. The molecule has 6 nitrogen and oxygen atoms in total. The Labute approximate surface area is 215 Å². The molecular formula is C28H32F3N5O. The molecule has 1 N–H and O–H groups in total. The van der Waals surface area contributed by atoms with Gasteiger partial charge in [-0.2, -0.15) is 13.2 Å². The molecule has 9 heteroatoms. The van der Waals surface area contributed by atoms with Gasteiger partial charge >= 0.3 is 6.18 Å². The number of alkyl halides is 3.